The van der Waals surface area contributed by atoms with E-state index in [0.717, 1.165) is 17.8 Å². The molecule has 0 bridgehead atoms. The van der Waals surface area contributed by atoms with Gasteiger partial charge in [0.1, 0.15) is 0 Å². The summed E-state index contributed by atoms with van der Waals surface area (Å²) in [5.41, 5.74) is 2.16. The summed E-state index contributed by atoms with van der Waals surface area (Å²) < 4.78 is 3.73. The number of hydrogen-bond acceptors (Lipinski definition) is 3. The Morgan fingerprint density at radius 2 is 2.31 bits per heavy atom. The van der Waals surface area contributed by atoms with Gasteiger partial charge in [-0.1, -0.05) is 0 Å². The van der Waals surface area contributed by atoms with Crippen LogP contribution >= 0.6 is 0 Å². The first-order chi connectivity index (χ1) is 7.74. The van der Waals surface area contributed by atoms with Crippen molar-refractivity contribution in [2.24, 2.45) is 7.05 Å². The van der Waals surface area contributed by atoms with E-state index in [1.54, 1.807) is 0 Å². The first-order valence-electron chi connectivity index (χ1n) is 5.43. The Labute approximate surface area is 95.1 Å². The van der Waals surface area contributed by atoms with Crippen LogP contribution < -0.4 is 5.32 Å². The van der Waals surface area contributed by atoms with Crippen molar-refractivity contribution in [1.29, 1.82) is 0 Å². The Kier molecular flexibility index (Phi) is 3.05. The van der Waals surface area contributed by atoms with E-state index in [9.17, 15) is 0 Å². The van der Waals surface area contributed by atoms with Gasteiger partial charge in [0.15, 0.2) is 0 Å². The van der Waals surface area contributed by atoms with Crippen LogP contribution in [0.3, 0.4) is 0 Å². The van der Waals surface area contributed by atoms with Gasteiger partial charge in [0.2, 0.25) is 0 Å². The van der Waals surface area contributed by atoms with Crippen LogP contribution in [0.25, 0.3) is 0 Å². The highest BCUT2D eigenvalue weighted by atomic mass is 15.3. The summed E-state index contributed by atoms with van der Waals surface area (Å²) in [6, 6.07) is 2.13. The van der Waals surface area contributed by atoms with Crippen LogP contribution in [0.4, 0.5) is 0 Å². The molecule has 0 fully saturated rings. The molecule has 0 spiro atoms. The molecule has 1 N–H and O–H groups in total. The molecule has 86 valence electrons. The smallest absolute Gasteiger partial charge is 0.0840 e. The zero-order valence-corrected chi connectivity index (χ0v) is 9.88. The highest BCUT2D eigenvalue weighted by molar-refractivity contribution is 5.22. The van der Waals surface area contributed by atoms with Crippen molar-refractivity contribution in [2.75, 3.05) is 7.05 Å². The average Bonchev–Trinajstić information content (AvgIpc) is 2.89. The van der Waals surface area contributed by atoms with Crippen molar-refractivity contribution in [1.82, 2.24) is 24.9 Å². The molecule has 0 aliphatic rings. The number of hydrogen-bond donors (Lipinski definition) is 1. The first kappa shape index (κ1) is 10.9. The van der Waals surface area contributed by atoms with E-state index < -0.39 is 0 Å². The molecule has 2 heterocycles. The van der Waals surface area contributed by atoms with Crippen molar-refractivity contribution in [2.45, 2.75) is 19.5 Å². The van der Waals surface area contributed by atoms with Gasteiger partial charge in [-0.25, -0.2) is 0 Å². The number of aryl methyl sites for hydroxylation is 2. The summed E-state index contributed by atoms with van der Waals surface area (Å²) >= 11 is 0. The summed E-state index contributed by atoms with van der Waals surface area (Å²) in [6.45, 7) is 2.96. The lowest BCUT2D eigenvalue weighted by atomic mass is 10.1. The molecule has 1 unspecified atom stereocenters. The summed E-state index contributed by atoms with van der Waals surface area (Å²) in [4.78, 5) is 0. The minimum atomic E-state index is 0.112. The molecule has 0 saturated heterocycles. The van der Waals surface area contributed by atoms with Crippen LogP contribution in [-0.2, 0) is 13.6 Å². The molecule has 2 aromatic rings. The van der Waals surface area contributed by atoms with E-state index in [0.29, 0.717) is 0 Å². The van der Waals surface area contributed by atoms with Crippen LogP contribution in [0.1, 0.15) is 24.2 Å². The van der Waals surface area contributed by atoms with E-state index in [2.05, 4.69) is 28.6 Å². The maximum atomic E-state index is 4.41. The number of nitrogens with zero attached hydrogens (tertiary/aromatic N) is 4. The lowest BCUT2D eigenvalue weighted by Gasteiger charge is -2.11. The van der Waals surface area contributed by atoms with Crippen molar-refractivity contribution in [3.8, 4) is 0 Å². The summed E-state index contributed by atoms with van der Waals surface area (Å²) in [6.07, 6.45) is 5.89. The molecule has 0 aliphatic carbocycles. The molecule has 5 heteroatoms. The van der Waals surface area contributed by atoms with E-state index in [1.165, 1.54) is 0 Å². The standard InChI is InChI=1S/C11H17N5/c1-4-16-8-9(7-13-16)11(12-2)10-5-6-15(3)14-10/h5-8,11-12H,4H2,1-3H3. The third-order valence-electron chi connectivity index (χ3n) is 2.63. The van der Waals surface area contributed by atoms with Gasteiger partial charge in [-0.2, -0.15) is 10.2 Å². The second-order valence-corrected chi connectivity index (χ2v) is 3.77. The van der Waals surface area contributed by atoms with Gasteiger partial charge in [-0.15, -0.1) is 0 Å². The van der Waals surface area contributed by atoms with Gasteiger partial charge in [-0.05, 0) is 20.0 Å². The molecule has 16 heavy (non-hydrogen) atoms. The van der Waals surface area contributed by atoms with Crippen molar-refractivity contribution >= 4 is 0 Å². The Morgan fingerprint density at radius 3 is 2.81 bits per heavy atom. The Bertz CT molecular complexity index is 456. The summed E-state index contributed by atoms with van der Waals surface area (Å²) in [7, 11) is 3.86. The highest BCUT2D eigenvalue weighted by Crippen LogP contribution is 2.19. The Morgan fingerprint density at radius 1 is 1.50 bits per heavy atom. The van der Waals surface area contributed by atoms with Crippen molar-refractivity contribution in [3.05, 3.63) is 35.9 Å². The zero-order chi connectivity index (χ0) is 11.5. The Balaban J connectivity index is 2.28. The topological polar surface area (TPSA) is 47.7 Å². The van der Waals surface area contributed by atoms with Crippen LogP contribution in [0, 0.1) is 0 Å². The fraction of sp³-hybridized carbons (Fsp3) is 0.455. The number of rotatable bonds is 4. The van der Waals surface area contributed by atoms with Crippen molar-refractivity contribution in [3.63, 3.8) is 0 Å². The first-order valence-corrected chi connectivity index (χ1v) is 5.43. The van der Waals surface area contributed by atoms with Gasteiger partial charge in [0.25, 0.3) is 0 Å². The molecule has 1 atom stereocenters. The van der Waals surface area contributed by atoms with Gasteiger partial charge >= 0.3 is 0 Å². The lowest BCUT2D eigenvalue weighted by molar-refractivity contribution is 0.635. The maximum Gasteiger partial charge on any atom is 0.0840 e. The van der Waals surface area contributed by atoms with Gasteiger partial charge in [0.05, 0.1) is 17.9 Å². The average molecular weight is 219 g/mol. The fourth-order valence-corrected chi connectivity index (χ4v) is 1.77. The molecule has 0 aliphatic heterocycles. The monoisotopic (exact) mass is 219 g/mol. The van der Waals surface area contributed by atoms with Crippen LogP contribution in [0.15, 0.2) is 24.7 Å². The van der Waals surface area contributed by atoms with E-state index in [4.69, 9.17) is 0 Å². The molecule has 2 rings (SSSR count). The van der Waals surface area contributed by atoms with E-state index in [-0.39, 0.29) is 6.04 Å². The van der Waals surface area contributed by atoms with Crippen LogP contribution in [0.2, 0.25) is 0 Å². The summed E-state index contributed by atoms with van der Waals surface area (Å²) in [5.74, 6) is 0. The van der Waals surface area contributed by atoms with Crippen LogP contribution in [0.5, 0.6) is 0 Å². The Hall–Kier alpha value is -1.62. The molecule has 0 radical (unpaired) electrons. The quantitative estimate of drug-likeness (QED) is 0.832. The second-order valence-electron chi connectivity index (χ2n) is 3.77. The molecular weight excluding hydrogens is 202 g/mol. The third kappa shape index (κ3) is 1.99. The van der Waals surface area contributed by atoms with E-state index >= 15 is 0 Å². The largest absolute Gasteiger partial charge is 0.308 e. The fourth-order valence-electron chi connectivity index (χ4n) is 1.77. The molecule has 2 aromatic heterocycles. The summed E-state index contributed by atoms with van der Waals surface area (Å²) in [5, 5.41) is 11.9. The molecule has 0 saturated carbocycles. The maximum absolute atomic E-state index is 4.41. The van der Waals surface area contributed by atoms with Crippen molar-refractivity contribution < 1.29 is 0 Å². The second kappa shape index (κ2) is 4.49. The molecule has 0 aromatic carbocycles. The van der Waals surface area contributed by atoms with Gasteiger partial charge < -0.3 is 5.32 Å². The highest BCUT2D eigenvalue weighted by Gasteiger charge is 2.15. The minimum Gasteiger partial charge on any atom is -0.308 e. The lowest BCUT2D eigenvalue weighted by Crippen LogP contribution is -2.18. The predicted octanol–water partition coefficient (Wildman–Crippen LogP) is 0.945. The number of nitrogens with one attached hydrogen (secondary N) is 1. The normalized spacial score (nSPS) is 12.9. The number of aromatic nitrogens is 4. The van der Waals surface area contributed by atoms with Gasteiger partial charge in [0, 0.05) is 31.5 Å². The third-order valence-corrected chi connectivity index (χ3v) is 2.63. The van der Waals surface area contributed by atoms with E-state index in [1.807, 2.05) is 41.9 Å². The molecule has 0 amide bonds. The van der Waals surface area contributed by atoms with Gasteiger partial charge in [-0.3, -0.25) is 9.36 Å². The molecule has 5 nitrogen and oxygen atoms in total. The predicted molar refractivity (Wildman–Crippen MR) is 62.0 cm³/mol. The zero-order valence-electron chi connectivity index (χ0n) is 9.88. The molecular formula is C11H17N5. The SMILES string of the molecule is CCn1cc(C(NC)c2ccn(C)n2)cn1. The minimum absolute atomic E-state index is 0.112. The van der Waals surface area contributed by atoms with Crippen LogP contribution in [-0.4, -0.2) is 26.6 Å².